The van der Waals surface area contributed by atoms with E-state index in [1.165, 1.54) is 19.1 Å². The summed E-state index contributed by atoms with van der Waals surface area (Å²) in [7, 11) is -3.82. The molecule has 0 heterocycles. The van der Waals surface area contributed by atoms with Gasteiger partial charge in [-0.1, -0.05) is 48.0 Å². The van der Waals surface area contributed by atoms with Crippen molar-refractivity contribution in [2.45, 2.75) is 25.3 Å². The molecule has 5 heteroatoms. The van der Waals surface area contributed by atoms with E-state index >= 15 is 0 Å². The van der Waals surface area contributed by atoms with Crippen LogP contribution in [0.2, 0.25) is 0 Å². The smallest absolute Gasteiger partial charge is 0.266 e. The lowest BCUT2D eigenvalue weighted by Crippen LogP contribution is -2.34. The van der Waals surface area contributed by atoms with Crippen LogP contribution in [0.25, 0.3) is 0 Å². The zero-order valence-corrected chi connectivity index (χ0v) is 12.8. The summed E-state index contributed by atoms with van der Waals surface area (Å²) in [5.41, 5.74) is 1.86. The lowest BCUT2D eigenvalue weighted by atomic mass is 10.1. The first kappa shape index (κ1) is 15.3. The molecule has 0 saturated carbocycles. The number of hydrogen-bond acceptors (Lipinski definition) is 3. The summed E-state index contributed by atoms with van der Waals surface area (Å²) >= 11 is 0. The van der Waals surface area contributed by atoms with Gasteiger partial charge >= 0.3 is 0 Å². The van der Waals surface area contributed by atoms with Crippen molar-refractivity contribution >= 4 is 15.9 Å². The molecule has 0 fully saturated rings. The van der Waals surface area contributed by atoms with E-state index in [4.69, 9.17) is 0 Å². The molecule has 0 spiro atoms. The summed E-state index contributed by atoms with van der Waals surface area (Å²) in [6.07, 6.45) is 0. The third-order valence-electron chi connectivity index (χ3n) is 3.13. The standard InChI is InChI=1S/C16H17NO3S/c1-13-8-10-15(11-9-13)12-17(14(2)18)21(19,20)16-6-4-3-5-7-16/h3-11H,12H2,1-2H3. The molecule has 2 rings (SSSR count). The number of sulfonamides is 1. The largest absolute Gasteiger partial charge is 0.274 e. The third kappa shape index (κ3) is 3.49. The molecule has 1 amide bonds. The topological polar surface area (TPSA) is 54.5 Å². The van der Waals surface area contributed by atoms with Crippen molar-refractivity contribution in [1.82, 2.24) is 4.31 Å². The molecule has 0 unspecified atom stereocenters. The molecule has 21 heavy (non-hydrogen) atoms. The van der Waals surface area contributed by atoms with E-state index in [1.54, 1.807) is 18.2 Å². The Morgan fingerprint density at radius 1 is 1.00 bits per heavy atom. The third-order valence-corrected chi connectivity index (χ3v) is 4.96. The summed E-state index contributed by atoms with van der Waals surface area (Å²) in [5, 5.41) is 0. The van der Waals surface area contributed by atoms with E-state index in [-0.39, 0.29) is 11.4 Å². The summed E-state index contributed by atoms with van der Waals surface area (Å²) in [4.78, 5) is 11.9. The predicted octanol–water partition coefficient (Wildman–Crippen LogP) is 2.73. The van der Waals surface area contributed by atoms with Crippen LogP contribution in [0.1, 0.15) is 18.1 Å². The van der Waals surface area contributed by atoms with Crippen molar-refractivity contribution in [3.8, 4) is 0 Å². The predicted molar refractivity (Wildman–Crippen MR) is 81.0 cm³/mol. The summed E-state index contributed by atoms with van der Waals surface area (Å²) in [5.74, 6) is -0.501. The summed E-state index contributed by atoms with van der Waals surface area (Å²) in [6, 6.07) is 15.4. The van der Waals surface area contributed by atoms with E-state index in [1.807, 2.05) is 31.2 Å². The fraction of sp³-hybridized carbons (Fsp3) is 0.188. The van der Waals surface area contributed by atoms with Crippen molar-refractivity contribution < 1.29 is 13.2 Å². The van der Waals surface area contributed by atoms with Gasteiger partial charge in [-0.05, 0) is 24.6 Å². The zero-order chi connectivity index (χ0) is 15.5. The normalized spacial score (nSPS) is 11.1. The van der Waals surface area contributed by atoms with Gasteiger partial charge in [-0.3, -0.25) is 4.79 Å². The van der Waals surface area contributed by atoms with Crippen LogP contribution in [-0.4, -0.2) is 18.6 Å². The molecule has 0 aliphatic heterocycles. The number of amides is 1. The Hall–Kier alpha value is -2.14. The molecule has 110 valence electrons. The van der Waals surface area contributed by atoms with Crippen molar-refractivity contribution in [2.75, 3.05) is 0 Å². The van der Waals surface area contributed by atoms with Crippen molar-refractivity contribution in [2.24, 2.45) is 0 Å². The Morgan fingerprint density at radius 3 is 2.10 bits per heavy atom. The van der Waals surface area contributed by atoms with E-state index in [2.05, 4.69) is 0 Å². The minimum Gasteiger partial charge on any atom is -0.274 e. The van der Waals surface area contributed by atoms with Crippen molar-refractivity contribution in [3.05, 3.63) is 65.7 Å². The number of benzene rings is 2. The van der Waals surface area contributed by atoms with Gasteiger partial charge in [-0.15, -0.1) is 0 Å². The van der Waals surface area contributed by atoms with E-state index in [0.717, 1.165) is 15.4 Å². The molecular weight excluding hydrogens is 286 g/mol. The quantitative estimate of drug-likeness (QED) is 0.872. The number of aryl methyl sites for hydroxylation is 1. The molecule has 0 N–H and O–H groups in total. The van der Waals surface area contributed by atoms with E-state index in [0.29, 0.717) is 0 Å². The fourth-order valence-electron chi connectivity index (χ4n) is 1.94. The highest BCUT2D eigenvalue weighted by atomic mass is 32.2. The maximum absolute atomic E-state index is 12.6. The molecule has 0 aliphatic carbocycles. The molecule has 0 saturated heterocycles. The van der Waals surface area contributed by atoms with Gasteiger partial charge in [0.15, 0.2) is 0 Å². The van der Waals surface area contributed by atoms with Gasteiger partial charge < -0.3 is 0 Å². The minimum absolute atomic E-state index is 0.0346. The summed E-state index contributed by atoms with van der Waals surface area (Å²) in [6.45, 7) is 3.24. The van der Waals surface area contributed by atoms with Gasteiger partial charge in [0.25, 0.3) is 10.0 Å². The minimum atomic E-state index is -3.82. The SMILES string of the molecule is CC(=O)N(Cc1ccc(C)cc1)S(=O)(=O)c1ccccc1. The van der Waals surface area contributed by atoms with E-state index in [9.17, 15) is 13.2 Å². The first-order chi connectivity index (χ1) is 9.91. The monoisotopic (exact) mass is 303 g/mol. The number of carbonyl (C=O) groups excluding carboxylic acids is 1. The lowest BCUT2D eigenvalue weighted by Gasteiger charge is -2.21. The zero-order valence-electron chi connectivity index (χ0n) is 12.0. The van der Waals surface area contributed by atoms with Crippen LogP contribution >= 0.6 is 0 Å². The number of nitrogens with zero attached hydrogens (tertiary/aromatic N) is 1. The summed E-state index contributed by atoms with van der Waals surface area (Å²) < 4.78 is 26.0. The average molecular weight is 303 g/mol. The number of hydrogen-bond donors (Lipinski definition) is 0. The first-order valence-corrected chi connectivity index (χ1v) is 7.99. The average Bonchev–Trinajstić information content (AvgIpc) is 2.47. The highest BCUT2D eigenvalue weighted by molar-refractivity contribution is 7.89. The van der Waals surface area contributed by atoms with Gasteiger partial charge in [-0.2, -0.15) is 0 Å². The molecule has 4 nitrogen and oxygen atoms in total. The first-order valence-electron chi connectivity index (χ1n) is 6.55. The van der Waals surface area contributed by atoms with Crippen molar-refractivity contribution in [1.29, 1.82) is 0 Å². The van der Waals surface area contributed by atoms with Crippen LogP contribution in [0.4, 0.5) is 0 Å². The molecule has 2 aromatic rings. The molecule has 0 bridgehead atoms. The van der Waals surface area contributed by atoms with Crippen molar-refractivity contribution in [3.63, 3.8) is 0 Å². The second-order valence-electron chi connectivity index (χ2n) is 4.83. The number of carbonyl (C=O) groups is 1. The Balaban J connectivity index is 2.35. The number of rotatable bonds is 4. The Morgan fingerprint density at radius 2 is 1.57 bits per heavy atom. The maximum atomic E-state index is 12.6. The van der Waals surface area contributed by atoms with Gasteiger partial charge in [0.2, 0.25) is 5.91 Å². The molecule has 0 aliphatic rings. The highest BCUT2D eigenvalue weighted by Gasteiger charge is 2.26. The van der Waals surface area contributed by atoms with Crippen LogP contribution in [-0.2, 0) is 21.4 Å². The molecule has 2 aromatic carbocycles. The van der Waals surface area contributed by atoms with Crippen LogP contribution < -0.4 is 0 Å². The van der Waals surface area contributed by atoms with Crippen LogP contribution in [0.3, 0.4) is 0 Å². The van der Waals surface area contributed by atoms with Gasteiger partial charge in [0.05, 0.1) is 11.4 Å². The second kappa shape index (κ2) is 6.10. The van der Waals surface area contributed by atoms with Crippen LogP contribution in [0.5, 0.6) is 0 Å². The lowest BCUT2D eigenvalue weighted by molar-refractivity contribution is -0.124. The van der Waals surface area contributed by atoms with E-state index < -0.39 is 15.9 Å². The Bertz CT molecular complexity index is 722. The molecular formula is C16H17NO3S. The van der Waals surface area contributed by atoms with Crippen LogP contribution in [0, 0.1) is 6.92 Å². The van der Waals surface area contributed by atoms with Crippen LogP contribution in [0.15, 0.2) is 59.5 Å². The fourth-order valence-corrected chi connectivity index (χ4v) is 3.36. The van der Waals surface area contributed by atoms with Gasteiger partial charge in [0, 0.05) is 6.92 Å². The Kier molecular flexibility index (Phi) is 4.43. The molecule has 0 atom stereocenters. The highest BCUT2D eigenvalue weighted by Crippen LogP contribution is 2.18. The Labute approximate surface area is 125 Å². The molecule has 0 radical (unpaired) electrons. The maximum Gasteiger partial charge on any atom is 0.266 e. The molecule has 0 aromatic heterocycles. The second-order valence-corrected chi connectivity index (χ2v) is 6.69. The van der Waals surface area contributed by atoms with Gasteiger partial charge in [0.1, 0.15) is 0 Å². The van der Waals surface area contributed by atoms with Gasteiger partial charge in [-0.25, -0.2) is 12.7 Å².